The van der Waals surface area contributed by atoms with E-state index in [9.17, 15) is 40.9 Å². The fourth-order valence-corrected chi connectivity index (χ4v) is 9.94. The second-order valence-electron chi connectivity index (χ2n) is 16.8. The number of aromatic nitrogens is 1. The number of aromatic hydroxyl groups is 2. The van der Waals surface area contributed by atoms with Gasteiger partial charge in [0.1, 0.15) is 18.1 Å². The maximum atomic E-state index is 12.9. The molecule has 14 nitrogen and oxygen atoms in total. The maximum absolute atomic E-state index is 12.9. The number of hydrogen-bond donors (Lipinski definition) is 4. The van der Waals surface area contributed by atoms with Crippen LogP contribution in [0.4, 0.5) is 11.4 Å². The molecule has 3 aliphatic heterocycles. The summed E-state index contributed by atoms with van der Waals surface area (Å²) in [5.41, 5.74) is 6.63. The Kier molecular flexibility index (Phi) is 12.7. The fraction of sp³-hybridized carbons (Fsp3) is 0.292. The first kappa shape index (κ1) is 45.8. The molecule has 16 heteroatoms. The van der Waals surface area contributed by atoms with Crippen molar-refractivity contribution in [2.75, 3.05) is 23.7 Å². The molecule has 7 rings (SSSR count). The van der Waals surface area contributed by atoms with Crippen molar-refractivity contribution in [3.8, 4) is 17.5 Å². The summed E-state index contributed by atoms with van der Waals surface area (Å²) in [6.07, 6.45) is 13.9. The molecule has 1 atom stereocenters. The van der Waals surface area contributed by atoms with Crippen molar-refractivity contribution in [1.82, 2.24) is 4.73 Å². The third-order valence-electron chi connectivity index (χ3n) is 11.9. The maximum Gasteiger partial charge on any atom is 0.333 e. The summed E-state index contributed by atoms with van der Waals surface area (Å²) in [5.74, 6) is -0.810. The number of carbonyl (C=O) groups is 1. The van der Waals surface area contributed by atoms with Crippen LogP contribution in [0.25, 0.3) is 16.9 Å². The molecular formula is C48H52N3O11S2+. The van der Waals surface area contributed by atoms with Gasteiger partial charge in [-0.25, -0.2) is 4.79 Å². The number of nitrogens with zero attached hydrogens (tertiary/aromatic N) is 3. The normalized spacial score (nSPS) is 18.8. The minimum absolute atomic E-state index is 0.0211. The average molecular weight is 911 g/mol. The van der Waals surface area contributed by atoms with E-state index in [1.807, 2.05) is 78.3 Å². The summed E-state index contributed by atoms with van der Waals surface area (Å²) < 4.78 is 77.0. The molecule has 0 fully saturated rings. The predicted molar refractivity (Wildman–Crippen MR) is 246 cm³/mol. The second kappa shape index (κ2) is 17.8. The number of benzene rings is 3. The second-order valence-corrected chi connectivity index (χ2v) is 19.8. The quantitative estimate of drug-likeness (QED) is 0.0507. The molecule has 0 amide bonds. The van der Waals surface area contributed by atoms with Gasteiger partial charge in [-0.05, 0) is 82.9 Å². The number of ether oxygens (including phenoxy) is 1. The smallest absolute Gasteiger partial charge is 0.333 e. The number of likely N-dealkylation sites (N-methyl/N-ethyl adjacent to an activating group) is 1. The lowest BCUT2D eigenvalue weighted by molar-refractivity contribution is -0.437. The Morgan fingerprint density at radius 2 is 1.61 bits per heavy atom. The number of allylic oxidation sites excluding steroid dienone is 8. The van der Waals surface area contributed by atoms with E-state index in [0.29, 0.717) is 27.5 Å². The Balaban J connectivity index is 1.26. The Morgan fingerprint density at radius 1 is 0.891 bits per heavy atom. The molecule has 1 aromatic heterocycles. The van der Waals surface area contributed by atoms with Crippen LogP contribution in [0.3, 0.4) is 0 Å². The van der Waals surface area contributed by atoms with E-state index in [-0.39, 0.29) is 42.7 Å². The SMILES string of the molecule is CCN1c2cc3c(cc2C(C)=CC1(C)C)C(=CC=CC=CC1=[N+](CCCS(=O)(=O)O)c2ccc(S(=O)(=O)O)cc2C1(C)CCCC(=O)On1c(O)ccc1O)C=C(c1ccccc1)O3. The molecule has 0 saturated carbocycles. The van der Waals surface area contributed by atoms with Crippen molar-refractivity contribution in [2.45, 2.75) is 76.2 Å². The summed E-state index contributed by atoms with van der Waals surface area (Å²) in [6.45, 7) is 11.4. The third kappa shape index (κ3) is 9.50. The van der Waals surface area contributed by atoms with Crippen LogP contribution >= 0.6 is 0 Å². The Labute approximate surface area is 373 Å². The number of anilines is 1. The van der Waals surface area contributed by atoms with Crippen LogP contribution in [0.15, 0.2) is 120 Å². The molecule has 4 heterocycles. The highest BCUT2D eigenvalue weighted by molar-refractivity contribution is 7.86. The third-order valence-corrected chi connectivity index (χ3v) is 13.5. The van der Waals surface area contributed by atoms with Crippen LogP contribution < -0.4 is 14.5 Å². The molecule has 4 aromatic rings. The summed E-state index contributed by atoms with van der Waals surface area (Å²) in [5, 5.41) is 19.9. The van der Waals surface area contributed by atoms with Gasteiger partial charge in [-0.2, -0.15) is 21.4 Å². The van der Waals surface area contributed by atoms with Gasteiger partial charge in [0.05, 0.1) is 21.6 Å². The molecule has 0 saturated heterocycles. The molecule has 336 valence electrons. The van der Waals surface area contributed by atoms with Crippen LogP contribution in [0.1, 0.15) is 82.6 Å². The van der Waals surface area contributed by atoms with Crippen molar-refractivity contribution in [2.24, 2.45) is 0 Å². The number of rotatable bonds is 15. The minimum atomic E-state index is -4.63. The van der Waals surface area contributed by atoms with Gasteiger partial charge in [0.15, 0.2) is 5.71 Å². The lowest BCUT2D eigenvalue weighted by Crippen LogP contribution is -2.44. The summed E-state index contributed by atoms with van der Waals surface area (Å²) >= 11 is 0. The molecule has 0 radical (unpaired) electrons. The van der Waals surface area contributed by atoms with Gasteiger partial charge in [-0.1, -0.05) is 60.7 Å². The van der Waals surface area contributed by atoms with Gasteiger partial charge >= 0.3 is 5.97 Å². The zero-order valence-corrected chi connectivity index (χ0v) is 37.9. The molecule has 4 N–H and O–H groups in total. The van der Waals surface area contributed by atoms with E-state index in [2.05, 4.69) is 50.8 Å². The summed E-state index contributed by atoms with van der Waals surface area (Å²) in [7, 11) is -8.94. The Bertz CT molecular complexity index is 2900. The first-order valence-electron chi connectivity index (χ1n) is 20.9. The highest BCUT2D eigenvalue weighted by Crippen LogP contribution is 2.47. The first-order valence-corrected chi connectivity index (χ1v) is 23.9. The number of hydrogen-bond acceptors (Lipinski definition) is 10. The largest absolute Gasteiger partial charge is 0.492 e. The molecule has 3 aromatic carbocycles. The number of fused-ring (bicyclic) bond motifs is 3. The van der Waals surface area contributed by atoms with E-state index in [4.69, 9.17) is 9.57 Å². The topological polar surface area (TPSA) is 196 Å². The lowest BCUT2D eigenvalue weighted by Gasteiger charge is -2.43. The monoisotopic (exact) mass is 910 g/mol. The van der Waals surface area contributed by atoms with Gasteiger partial charge < -0.3 is 24.7 Å². The van der Waals surface area contributed by atoms with Gasteiger partial charge in [-0.15, -0.1) is 4.73 Å². The minimum Gasteiger partial charge on any atom is -0.492 e. The van der Waals surface area contributed by atoms with Crippen molar-refractivity contribution < 1.29 is 55.1 Å². The highest BCUT2D eigenvalue weighted by Gasteiger charge is 2.48. The molecule has 64 heavy (non-hydrogen) atoms. The van der Waals surface area contributed by atoms with E-state index in [1.54, 1.807) is 0 Å². The van der Waals surface area contributed by atoms with Gasteiger partial charge in [0, 0.05) is 77.7 Å². The fourth-order valence-electron chi connectivity index (χ4n) is 8.94. The number of carbonyl (C=O) groups excluding carboxylic acids is 1. The van der Waals surface area contributed by atoms with Crippen LogP contribution in [0, 0.1) is 0 Å². The van der Waals surface area contributed by atoms with Gasteiger partial charge in [0.25, 0.3) is 20.2 Å². The molecule has 1 unspecified atom stereocenters. The van der Waals surface area contributed by atoms with Crippen LogP contribution in [0.2, 0.25) is 0 Å². The van der Waals surface area contributed by atoms with Gasteiger partial charge in [-0.3, -0.25) is 9.11 Å². The van der Waals surface area contributed by atoms with E-state index >= 15 is 0 Å². The molecule has 0 spiro atoms. The van der Waals surface area contributed by atoms with Gasteiger partial charge in [0.2, 0.25) is 17.4 Å². The Hall–Kier alpha value is -6.20. The Morgan fingerprint density at radius 3 is 2.28 bits per heavy atom. The first-order chi connectivity index (χ1) is 30.2. The van der Waals surface area contributed by atoms with E-state index in [1.165, 1.54) is 23.8 Å². The summed E-state index contributed by atoms with van der Waals surface area (Å²) in [6, 6.07) is 20.6. The molecule has 0 aliphatic carbocycles. The molecule has 3 aliphatic rings. The standard InChI is InChI=1S/C48H51N3O11S2/c1-6-50-40-30-42-37(29-36(40)32(2)31-47(50,3)4)34(27-41(61-42)33-15-9-7-10-16-33)17-11-8-12-18-43-48(5,24-13-19-46(54)62-51-44(52)22-23-45(51)53)38-28-35(64(58,59)60)20-21-39(38)49(43)25-14-26-63(55,56)57/h7-12,15-18,20-23,27-31H,6,13-14,19,24-26H2,1-5H3,(H3-,52,53,55,56,57,58,59,60)/p+1. The molecular weight excluding hydrogens is 859 g/mol. The van der Waals surface area contributed by atoms with Crippen molar-refractivity contribution in [3.05, 3.63) is 138 Å². The van der Waals surface area contributed by atoms with Crippen molar-refractivity contribution in [1.29, 1.82) is 0 Å². The van der Waals surface area contributed by atoms with Crippen LogP contribution in [0.5, 0.6) is 17.5 Å². The molecule has 0 bridgehead atoms. The van der Waals surface area contributed by atoms with Crippen molar-refractivity contribution in [3.63, 3.8) is 0 Å². The van der Waals surface area contributed by atoms with E-state index < -0.39 is 49.1 Å². The zero-order valence-electron chi connectivity index (χ0n) is 36.2. The zero-order chi connectivity index (χ0) is 46.2. The summed E-state index contributed by atoms with van der Waals surface area (Å²) in [4.78, 5) is 20.0. The van der Waals surface area contributed by atoms with Crippen molar-refractivity contribution >= 4 is 60.2 Å². The lowest BCUT2D eigenvalue weighted by atomic mass is 9.75. The van der Waals surface area contributed by atoms with E-state index in [0.717, 1.165) is 52.4 Å². The average Bonchev–Trinajstić information content (AvgIpc) is 3.66. The van der Waals surface area contributed by atoms with Crippen LogP contribution in [-0.2, 0) is 30.4 Å². The predicted octanol–water partition coefficient (Wildman–Crippen LogP) is 8.26. The highest BCUT2D eigenvalue weighted by atomic mass is 32.2. The van der Waals surface area contributed by atoms with Crippen LogP contribution in [-0.4, -0.2) is 81.5 Å².